The molecule has 1 aromatic rings. The number of aromatic nitrogens is 3. The SMILES string of the molecule is CN(C)CCCn1nnc(CN)c1CC1CC1. The maximum Gasteiger partial charge on any atom is 0.0994 e. The molecule has 2 N–H and O–H groups in total. The molecule has 0 aliphatic heterocycles. The summed E-state index contributed by atoms with van der Waals surface area (Å²) in [5, 5.41) is 8.42. The molecule has 17 heavy (non-hydrogen) atoms. The molecule has 1 aliphatic rings. The average Bonchev–Trinajstić information content (AvgIpc) is 3.01. The second-order valence-electron chi connectivity index (χ2n) is 5.21. The third kappa shape index (κ3) is 3.51. The van der Waals surface area contributed by atoms with E-state index in [1.807, 2.05) is 0 Å². The third-order valence-corrected chi connectivity index (χ3v) is 3.27. The van der Waals surface area contributed by atoms with Gasteiger partial charge in [-0.25, -0.2) is 4.68 Å². The van der Waals surface area contributed by atoms with Crippen molar-refractivity contribution in [2.75, 3.05) is 20.6 Å². The van der Waals surface area contributed by atoms with E-state index in [2.05, 4.69) is 34.0 Å². The first-order valence-corrected chi connectivity index (χ1v) is 6.46. The Bertz CT molecular complexity index is 354. The minimum atomic E-state index is 0.510. The van der Waals surface area contributed by atoms with Gasteiger partial charge in [0.1, 0.15) is 0 Å². The van der Waals surface area contributed by atoms with Gasteiger partial charge in [-0.1, -0.05) is 5.21 Å². The average molecular weight is 237 g/mol. The summed E-state index contributed by atoms with van der Waals surface area (Å²) in [6.45, 7) is 2.55. The first-order chi connectivity index (χ1) is 8.20. The third-order valence-electron chi connectivity index (χ3n) is 3.27. The molecule has 5 heteroatoms. The normalized spacial score (nSPS) is 15.8. The van der Waals surface area contributed by atoms with Gasteiger partial charge in [0.2, 0.25) is 0 Å². The number of rotatable bonds is 7. The van der Waals surface area contributed by atoms with Crippen molar-refractivity contribution in [1.82, 2.24) is 19.9 Å². The number of aryl methyl sites for hydroxylation is 1. The quantitative estimate of drug-likeness (QED) is 0.756. The fourth-order valence-electron chi connectivity index (χ4n) is 2.06. The molecule has 0 spiro atoms. The first-order valence-electron chi connectivity index (χ1n) is 6.46. The fourth-order valence-corrected chi connectivity index (χ4v) is 2.06. The highest BCUT2D eigenvalue weighted by molar-refractivity contribution is 5.12. The van der Waals surface area contributed by atoms with Crippen LogP contribution in [0.1, 0.15) is 30.7 Å². The summed E-state index contributed by atoms with van der Waals surface area (Å²) in [7, 11) is 4.19. The lowest BCUT2D eigenvalue weighted by Gasteiger charge is -2.10. The zero-order valence-electron chi connectivity index (χ0n) is 10.9. The van der Waals surface area contributed by atoms with Crippen LogP contribution in [0.2, 0.25) is 0 Å². The lowest BCUT2D eigenvalue weighted by atomic mass is 10.2. The van der Waals surface area contributed by atoms with E-state index < -0.39 is 0 Å². The van der Waals surface area contributed by atoms with Crippen LogP contribution in [0.5, 0.6) is 0 Å². The van der Waals surface area contributed by atoms with Gasteiger partial charge >= 0.3 is 0 Å². The number of hydrogen-bond donors (Lipinski definition) is 1. The largest absolute Gasteiger partial charge is 0.325 e. The van der Waals surface area contributed by atoms with Crippen LogP contribution >= 0.6 is 0 Å². The van der Waals surface area contributed by atoms with Crippen LogP contribution in [0.3, 0.4) is 0 Å². The molecule has 1 saturated carbocycles. The molecule has 1 aliphatic carbocycles. The molecule has 1 heterocycles. The molecule has 5 nitrogen and oxygen atoms in total. The van der Waals surface area contributed by atoms with Crippen LogP contribution in [0.4, 0.5) is 0 Å². The van der Waals surface area contributed by atoms with Crippen molar-refractivity contribution in [3.8, 4) is 0 Å². The predicted octanol–water partition coefficient (Wildman–Crippen LogP) is 0.641. The minimum Gasteiger partial charge on any atom is -0.325 e. The summed E-state index contributed by atoms with van der Waals surface area (Å²) in [5.74, 6) is 0.853. The van der Waals surface area contributed by atoms with Crippen molar-refractivity contribution >= 4 is 0 Å². The van der Waals surface area contributed by atoms with Crippen LogP contribution in [0, 0.1) is 5.92 Å². The lowest BCUT2D eigenvalue weighted by Crippen LogP contribution is -2.16. The van der Waals surface area contributed by atoms with Gasteiger partial charge in [0, 0.05) is 13.1 Å². The van der Waals surface area contributed by atoms with Crippen molar-refractivity contribution in [2.45, 2.75) is 38.8 Å². The van der Waals surface area contributed by atoms with Crippen LogP contribution in [-0.4, -0.2) is 40.5 Å². The number of nitrogens with zero attached hydrogens (tertiary/aromatic N) is 4. The molecule has 0 unspecified atom stereocenters. The molecule has 0 bridgehead atoms. The van der Waals surface area contributed by atoms with Gasteiger partial charge in [-0.3, -0.25) is 0 Å². The Balaban J connectivity index is 1.96. The molecular formula is C12H23N5. The summed E-state index contributed by atoms with van der Waals surface area (Å²) in [5.41, 5.74) is 7.97. The monoisotopic (exact) mass is 237 g/mol. The second kappa shape index (κ2) is 5.60. The molecule has 96 valence electrons. The summed E-state index contributed by atoms with van der Waals surface area (Å²) in [6, 6.07) is 0. The Hall–Kier alpha value is -0.940. The first kappa shape index (κ1) is 12.5. The van der Waals surface area contributed by atoms with E-state index >= 15 is 0 Å². The van der Waals surface area contributed by atoms with Gasteiger partial charge in [-0.2, -0.15) is 0 Å². The maximum absolute atomic E-state index is 5.71. The highest BCUT2D eigenvalue weighted by atomic mass is 15.4. The molecule has 1 aromatic heterocycles. The Morgan fingerprint density at radius 1 is 1.41 bits per heavy atom. The molecule has 0 amide bonds. The van der Waals surface area contributed by atoms with E-state index in [9.17, 15) is 0 Å². The van der Waals surface area contributed by atoms with E-state index in [1.54, 1.807) is 0 Å². The Morgan fingerprint density at radius 2 is 2.18 bits per heavy atom. The minimum absolute atomic E-state index is 0.510. The van der Waals surface area contributed by atoms with Crippen LogP contribution in [-0.2, 0) is 19.5 Å². The van der Waals surface area contributed by atoms with E-state index in [0.717, 1.165) is 37.5 Å². The molecule has 1 fully saturated rings. The molecule has 0 atom stereocenters. The second-order valence-corrected chi connectivity index (χ2v) is 5.21. The highest BCUT2D eigenvalue weighted by Crippen LogP contribution is 2.33. The number of hydrogen-bond acceptors (Lipinski definition) is 4. The maximum atomic E-state index is 5.71. The van der Waals surface area contributed by atoms with Gasteiger partial charge in [-0.05, 0) is 52.2 Å². The van der Waals surface area contributed by atoms with Crippen LogP contribution < -0.4 is 5.73 Å². The van der Waals surface area contributed by atoms with E-state index in [1.165, 1.54) is 18.5 Å². The predicted molar refractivity (Wildman–Crippen MR) is 67.5 cm³/mol. The van der Waals surface area contributed by atoms with Crippen molar-refractivity contribution in [2.24, 2.45) is 11.7 Å². The number of nitrogens with two attached hydrogens (primary N) is 1. The van der Waals surface area contributed by atoms with Crippen molar-refractivity contribution in [3.63, 3.8) is 0 Å². The van der Waals surface area contributed by atoms with E-state index in [-0.39, 0.29) is 0 Å². The van der Waals surface area contributed by atoms with Crippen molar-refractivity contribution in [3.05, 3.63) is 11.4 Å². The highest BCUT2D eigenvalue weighted by Gasteiger charge is 2.25. The topological polar surface area (TPSA) is 60.0 Å². The van der Waals surface area contributed by atoms with Crippen molar-refractivity contribution < 1.29 is 0 Å². The Labute approximate surface area is 103 Å². The zero-order valence-corrected chi connectivity index (χ0v) is 10.9. The summed E-state index contributed by atoms with van der Waals surface area (Å²) >= 11 is 0. The molecule has 0 aromatic carbocycles. The van der Waals surface area contributed by atoms with Gasteiger partial charge in [0.25, 0.3) is 0 Å². The standard InChI is InChI=1S/C12H23N5/c1-16(2)6-3-7-17-12(8-10-4-5-10)11(9-13)14-15-17/h10H,3-9,13H2,1-2H3. The molecule has 0 saturated heterocycles. The zero-order chi connectivity index (χ0) is 12.3. The summed E-state index contributed by atoms with van der Waals surface area (Å²) < 4.78 is 2.06. The van der Waals surface area contributed by atoms with Gasteiger partial charge < -0.3 is 10.6 Å². The van der Waals surface area contributed by atoms with Gasteiger partial charge in [0.15, 0.2) is 0 Å². The Morgan fingerprint density at radius 3 is 2.76 bits per heavy atom. The summed E-state index contributed by atoms with van der Waals surface area (Å²) in [4.78, 5) is 2.20. The van der Waals surface area contributed by atoms with Crippen LogP contribution in [0.15, 0.2) is 0 Å². The summed E-state index contributed by atoms with van der Waals surface area (Å²) in [6.07, 6.45) is 4.93. The van der Waals surface area contributed by atoms with Crippen molar-refractivity contribution in [1.29, 1.82) is 0 Å². The Kier molecular flexibility index (Phi) is 4.12. The van der Waals surface area contributed by atoms with Crippen LogP contribution in [0.25, 0.3) is 0 Å². The molecule has 2 rings (SSSR count). The fraction of sp³-hybridized carbons (Fsp3) is 0.833. The molecule has 0 radical (unpaired) electrons. The lowest BCUT2D eigenvalue weighted by molar-refractivity contribution is 0.376. The van der Waals surface area contributed by atoms with E-state index in [4.69, 9.17) is 5.73 Å². The smallest absolute Gasteiger partial charge is 0.0994 e. The van der Waals surface area contributed by atoms with E-state index in [0.29, 0.717) is 6.54 Å². The van der Waals surface area contributed by atoms with Gasteiger partial charge in [0.05, 0.1) is 11.4 Å². The molecular weight excluding hydrogens is 214 g/mol. The van der Waals surface area contributed by atoms with Gasteiger partial charge in [-0.15, -0.1) is 5.10 Å².